The molecule has 0 saturated heterocycles. The second-order valence-corrected chi connectivity index (χ2v) is 4.80. The van der Waals surface area contributed by atoms with Crippen molar-refractivity contribution >= 4 is 17.3 Å². The number of anilines is 2. The second-order valence-electron chi connectivity index (χ2n) is 4.80. The first-order valence-electron chi connectivity index (χ1n) is 5.33. The monoisotopic (exact) mass is 237 g/mol. The molecule has 0 bridgehead atoms. The van der Waals surface area contributed by atoms with Crippen LogP contribution in [0.3, 0.4) is 0 Å². The van der Waals surface area contributed by atoms with E-state index in [-0.39, 0.29) is 0 Å². The van der Waals surface area contributed by atoms with Crippen molar-refractivity contribution in [2.45, 2.75) is 19.4 Å². The molecule has 0 saturated carbocycles. The summed E-state index contributed by atoms with van der Waals surface area (Å²) in [5.74, 6) is -0.555. The van der Waals surface area contributed by atoms with Gasteiger partial charge in [-0.15, -0.1) is 0 Å². The third-order valence-corrected chi connectivity index (χ3v) is 2.37. The van der Waals surface area contributed by atoms with Crippen LogP contribution in [-0.2, 0) is 0 Å². The number of hydrogen-bond acceptors (Lipinski definition) is 4. The van der Waals surface area contributed by atoms with E-state index in [4.69, 9.17) is 11.5 Å². The lowest BCUT2D eigenvalue weighted by Crippen LogP contribution is -2.36. The Morgan fingerprint density at radius 3 is 2.53 bits per heavy atom. The van der Waals surface area contributed by atoms with Crippen molar-refractivity contribution < 1.29 is 9.90 Å². The Hall–Kier alpha value is -1.75. The van der Waals surface area contributed by atoms with E-state index in [1.165, 1.54) is 0 Å². The first kappa shape index (κ1) is 13.3. The highest BCUT2D eigenvalue weighted by Gasteiger charge is 2.17. The number of primary amides is 1. The van der Waals surface area contributed by atoms with E-state index in [2.05, 4.69) is 0 Å². The highest BCUT2D eigenvalue weighted by atomic mass is 16.3. The zero-order valence-electron chi connectivity index (χ0n) is 10.4. The second kappa shape index (κ2) is 4.63. The number of rotatable bonds is 4. The number of nitrogens with zero attached hydrogens (tertiary/aromatic N) is 1. The van der Waals surface area contributed by atoms with E-state index in [1.54, 1.807) is 32.0 Å². The fourth-order valence-electron chi connectivity index (χ4n) is 1.67. The normalized spacial score (nSPS) is 11.3. The summed E-state index contributed by atoms with van der Waals surface area (Å²) in [6.45, 7) is 3.88. The van der Waals surface area contributed by atoms with Crippen LogP contribution in [0.5, 0.6) is 0 Å². The summed E-state index contributed by atoms with van der Waals surface area (Å²) in [5.41, 5.74) is 11.5. The number of carbonyl (C=O) groups is 1. The number of nitrogen functional groups attached to an aromatic ring is 1. The maximum absolute atomic E-state index is 11.2. The molecular weight excluding hydrogens is 218 g/mol. The van der Waals surface area contributed by atoms with E-state index in [1.807, 2.05) is 11.9 Å². The summed E-state index contributed by atoms with van der Waals surface area (Å²) in [5, 5.41) is 9.72. The summed E-state index contributed by atoms with van der Waals surface area (Å²) in [6.07, 6.45) is 0. The minimum atomic E-state index is -0.816. The molecule has 0 fully saturated rings. The van der Waals surface area contributed by atoms with Gasteiger partial charge in [-0.2, -0.15) is 0 Å². The largest absolute Gasteiger partial charge is 0.398 e. The maximum atomic E-state index is 11.2. The number of carbonyl (C=O) groups excluding carboxylic acids is 1. The SMILES string of the molecule is CN(CC(C)(C)O)c1ccc(N)c(C(N)=O)c1. The van der Waals surface area contributed by atoms with E-state index in [9.17, 15) is 9.90 Å². The number of nitrogens with two attached hydrogens (primary N) is 2. The zero-order chi connectivity index (χ0) is 13.2. The molecular formula is C12H19N3O2. The van der Waals surface area contributed by atoms with Crippen LogP contribution in [0.1, 0.15) is 24.2 Å². The highest BCUT2D eigenvalue weighted by molar-refractivity contribution is 5.99. The average Bonchev–Trinajstić information content (AvgIpc) is 2.14. The third-order valence-electron chi connectivity index (χ3n) is 2.37. The quantitative estimate of drug-likeness (QED) is 0.668. The van der Waals surface area contributed by atoms with Crippen LogP contribution in [0.25, 0.3) is 0 Å². The number of aliphatic hydroxyl groups is 1. The molecule has 0 atom stereocenters. The Bertz CT molecular complexity index is 424. The van der Waals surface area contributed by atoms with Gasteiger partial charge in [-0.05, 0) is 32.0 Å². The van der Waals surface area contributed by atoms with Gasteiger partial charge in [0.05, 0.1) is 11.2 Å². The van der Waals surface area contributed by atoms with Gasteiger partial charge in [-0.3, -0.25) is 4.79 Å². The molecule has 0 heterocycles. The van der Waals surface area contributed by atoms with Crippen LogP contribution in [0.4, 0.5) is 11.4 Å². The van der Waals surface area contributed by atoms with E-state index in [0.29, 0.717) is 17.8 Å². The Balaban J connectivity index is 3.00. The van der Waals surface area contributed by atoms with Crippen molar-refractivity contribution in [1.82, 2.24) is 0 Å². The topological polar surface area (TPSA) is 92.6 Å². The predicted molar refractivity (Wildman–Crippen MR) is 68.9 cm³/mol. The van der Waals surface area contributed by atoms with Gasteiger partial charge in [0.15, 0.2) is 0 Å². The van der Waals surface area contributed by atoms with Gasteiger partial charge in [0.25, 0.3) is 5.91 Å². The van der Waals surface area contributed by atoms with Crippen LogP contribution in [0.2, 0.25) is 0 Å². The number of likely N-dealkylation sites (N-methyl/N-ethyl adjacent to an activating group) is 1. The molecule has 0 unspecified atom stereocenters. The molecule has 1 aromatic carbocycles. The molecule has 17 heavy (non-hydrogen) atoms. The first-order chi connectivity index (χ1) is 7.70. The van der Waals surface area contributed by atoms with Crippen molar-refractivity contribution in [2.24, 2.45) is 5.73 Å². The first-order valence-corrected chi connectivity index (χ1v) is 5.33. The van der Waals surface area contributed by atoms with Crippen LogP contribution >= 0.6 is 0 Å². The summed E-state index contributed by atoms with van der Waals surface area (Å²) >= 11 is 0. The molecule has 5 heteroatoms. The minimum absolute atomic E-state index is 0.296. The maximum Gasteiger partial charge on any atom is 0.250 e. The van der Waals surface area contributed by atoms with Crippen LogP contribution in [0.15, 0.2) is 18.2 Å². The summed E-state index contributed by atoms with van der Waals surface area (Å²) in [4.78, 5) is 13.0. The molecule has 5 nitrogen and oxygen atoms in total. The molecule has 0 aliphatic heterocycles. The van der Waals surface area contributed by atoms with Crippen molar-refractivity contribution in [2.75, 3.05) is 24.2 Å². The van der Waals surface area contributed by atoms with Gasteiger partial charge in [0, 0.05) is 25.0 Å². The predicted octanol–water partition coefficient (Wildman–Crippen LogP) is 0.575. The Morgan fingerprint density at radius 1 is 1.47 bits per heavy atom. The molecule has 1 amide bonds. The number of benzene rings is 1. The van der Waals surface area contributed by atoms with E-state index in [0.717, 1.165) is 5.69 Å². The lowest BCUT2D eigenvalue weighted by molar-refractivity contribution is 0.0886. The van der Waals surface area contributed by atoms with Gasteiger partial charge in [0.1, 0.15) is 0 Å². The molecule has 1 rings (SSSR count). The molecule has 0 spiro atoms. The van der Waals surface area contributed by atoms with Gasteiger partial charge < -0.3 is 21.5 Å². The van der Waals surface area contributed by atoms with Gasteiger partial charge in [-0.1, -0.05) is 0 Å². The Kier molecular flexibility index (Phi) is 3.63. The Morgan fingerprint density at radius 2 is 2.06 bits per heavy atom. The molecule has 94 valence electrons. The molecule has 0 aliphatic carbocycles. The third kappa shape index (κ3) is 3.64. The smallest absolute Gasteiger partial charge is 0.250 e. The molecule has 0 radical (unpaired) electrons. The minimum Gasteiger partial charge on any atom is -0.398 e. The van der Waals surface area contributed by atoms with Crippen LogP contribution in [-0.4, -0.2) is 30.2 Å². The molecule has 1 aromatic rings. The van der Waals surface area contributed by atoms with Gasteiger partial charge >= 0.3 is 0 Å². The zero-order valence-corrected chi connectivity index (χ0v) is 10.4. The molecule has 0 aromatic heterocycles. The van der Waals surface area contributed by atoms with Crippen molar-refractivity contribution in [3.63, 3.8) is 0 Å². The fourth-order valence-corrected chi connectivity index (χ4v) is 1.67. The van der Waals surface area contributed by atoms with Crippen molar-refractivity contribution in [1.29, 1.82) is 0 Å². The van der Waals surface area contributed by atoms with E-state index < -0.39 is 11.5 Å². The summed E-state index contributed by atoms with van der Waals surface area (Å²) < 4.78 is 0. The standard InChI is InChI=1S/C12H19N3O2/c1-12(2,17)7-15(3)8-4-5-10(13)9(6-8)11(14)16/h4-6,17H,7,13H2,1-3H3,(H2,14,16). The van der Waals surface area contributed by atoms with Crippen LogP contribution < -0.4 is 16.4 Å². The number of hydrogen-bond donors (Lipinski definition) is 3. The lowest BCUT2D eigenvalue weighted by Gasteiger charge is -2.27. The van der Waals surface area contributed by atoms with Crippen molar-refractivity contribution in [3.05, 3.63) is 23.8 Å². The van der Waals surface area contributed by atoms with Crippen LogP contribution in [0, 0.1) is 0 Å². The van der Waals surface area contributed by atoms with E-state index >= 15 is 0 Å². The molecule has 5 N–H and O–H groups in total. The Labute approximate surface area is 101 Å². The fraction of sp³-hybridized carbons (Fsp3) is 0.417. The number of amides is 1. The summed E-state index contributed by atoms with van der Waals surface area (Å²) in [6, 6.07) is 5.05. The van der Waals surface area contributed by atoms with Gasteiger partial charge in [-0.25, -0.2) is 0 Å². The van der Waals surface area contributed by atoms with Gasteiger partial charge in [0.2, 0.25) is 0 Å². The highest BCUT2D eigenvalue weighted by Crippen LogP contribution is 2.21. The lowest BCUT2D eigenvalue weighted by atomic mass is 10.1. The van der Waals surface area contributed by atoms with Crippen molar-refractivity contribution in [3.8, 4) is 0 Å². The average molecular weight is 237 g/mol. The molecule has 0 aliphatic rings. The summed E-state index contributed by atoms with van der Waals surface area (Å²) in [7, 11) is 1.83.